The second-order valence-corrected chi connectivity index (χ2v) is 7.75. The summed E-state index contributed by atoms with van der Waals surface area (Å²) in [5.41, 5.74) is 1.47. The van der Waals surface area contributed by atoms with Gasteiger partial charge in [-0.25, -0.2) is 4.99 Å². The van der Waals surface area contributed by atoms with Crippen LogP contribution >= 0.6 is 11.6 Å². The molecule has 0 spiro atoms. The van der Waals surface area contributed by atoms with Crippen molar-refractivity contribution in [3.63, 3.8) is 0 Å². The molecule has 2 aromatic rings. The lowest BCUT2D eigenvalue weighted by Gasteiger charge is -2.19. The van der Waals surface area contributed by atoms with E-state index in [2.05, 4.69) is 39.9 Å². The van der Waals surface area contributed by atoms with Crippen molar-refractivity contribution in [3.05, 3.63) is 46.5 Å². The van der Waals surface area contributed by atoms with Crippen LogP contribution in [0.15, 0.2) is 29.3 Å². The Kier molecular flexibility index (Phi) is 6.37. The predicted molar refractivity (Wildman–Crippen MR) is 110 cm³/mol. The number of aryl methyl sites for hydroxylation is 1. The molecule has 1 aliphatic rings. The first-order valence-electron chi connectivity index (χ1n) is 9.67. The molecule has 0 aliphatic heterocycles. The van der Waals surface area contributed by atoms with E-state index in [1.165, 1.54) is 18.4 Å². The molecule has 0 unspecified atom stereocenters. The van der Waals surface area contributed by atoms with Gasteiger partial charge in [-0.3, -0.25) is 0 Å². The van der Waals surface area contributed by atoms with Gasteiger partial charge < -0.3 is 15.2 Å². The number of guanidine groups is 1. The second-order valence-electron chi connectivity index (χ2n) is 7.31. The lowest BCUT2D eigenvalue weighted by molar-refractivity contribution is 0.637. The van der Waals surface area contributed by atoms with Crippen LogP contribution in [0.2, 0.25) is 5.02 Å². The molecule has 0 saturated heterocycles. The third-order valence-electron chi connectivity index (χ3n) is 5.27. The first kappa shape index (κ1) is 19.7. The molecule has 2 N–H and O–H groups in total. The molecule has 3 rings (SSSR count). The molecule has 7 heteroatoms. The zero-order chi connectivity index (χ0) is 19.3. The highest BCUT2D eigenvalue weighted by atomic mass is 35.5. The van der Waals surface area contributed by atoms with Gasteiger partial charge in [0.05, 0.1) is 0 Å². The molecule has 1 aromatic carbocycles. The number of aliphatic imine (C=N–C) groups is 1. The van der Waals surface area contributed by atoms with E-state index in [4.69, 9.17) is 16.6 Å². The fourth-order valence-corrected chi connectivity index (χ4v) is 3.28. The summed E-state index contributed by atoms with van der Waals surface area (Å²) in [6, 6.07) is 8.21. The molecule has 1 aliphatic carbocycles. The van der Waals surface area contributed by atoms with E-state index in [9.17, 15) is 0 Å². The second kappa shape index (κ2) is 8.74. The van der Waals surface area contributed by atoms with Crippen LogP contribution < -0.4 is 10.6 Å². The summed E-state index contributed by atoms with van der Waals surface area (Å²) >= 11 is 6.19. The quantitative estimate of drug-likeness (QED) is 0.413. The van der Waals surface area contributed by atoms with E-state index in [0.717, 1.165) is 48.6 Å². The van der Waals surface area contributed by atoms with E-state index in [1.807, 2.05) is 30.7 Å². The smallest absolute Gasteiger partial charge is 0.191 e. The third-order valence-corrected chi connectivity index (χ3v) is 5.50. The van der Waals surface area contributed by atoms with Crippen LogP contribution in [-0.2, 0) is 19.0 Å². The zero-order valence-electron chi connectivity index (χ0n) is 16.4. The number of unbranched alkanes of at least 4 members (excludes halogenated alkanes) is 1. The third kappa shape index (κ3) is 5.01. The molecule has 1 saturated carbocycles. The molecule has 6 nitrogen and oxygen atoms in total. The van der Waals surface area contributed by atoms with Gasteiger partial charge >= 0.3 is 0 Å². The van der Waals surface area contributed by atoms with Crippen molar-refractivity contribution in [2.24, 2.45) is 12.0 Å². The summed E-state index contributed by atoms with van der Waals surface area (Å²) in [7, 11) is 1.97. The van der Waals surface area contributed by atoms with Crippen LogP contribution in [0.3, 0.4) is 0 Å². The maximum Gasteiger partial charge on any atom is 0.191 e. The largest absolute Gasteiger partial charge is 0.356 e. The number of rotatable bonds is 8. The molecule has 1 heterocycles. The van der Waals surface area contributed by atoms with Crippen LogP contribution in [0.5, 0.6) is 0 Å². The summed E-state index contributed by atoms with van der Waals surface area (Å²) in [4.78, 5) is 4.73. The van der Waals surface area contributed by atoms with E-state index < -0.39 is 0 Å². The Balaban J connectivity index is 1.66. The molecular formula is C20H29ClN6. The van der Waals surface area contributed by atoms with Crippen LogP contribution in [0.25, 0.3) is 0 Å². The number of nitrogens with one attached hydrogen (secondary N) is 2. The van der Waals surface area contributed by atoms with Gasteiger partial charge in [-0.15, -0.1) is 10.2 Å². The number of halogens is 1. The Hall–Kier alpha value is -2.08. The predicted octanol–water partition coefficient (Wildman–Crippen LogP) is 3.34. The average Bonchev–Trinajstić information content (AvgIpc) is 3.39. The topological polar surface area (TPSA) is 67.1 Å². The highest BCUT2D eigenvalue weighted by Crippen LogP contribution is 2.48. The fourth-order valence-electron chi connectivity index (χ4n) is 3.09. The molecule has 1 aromatic heterocycles. The summed E-state index contributed by atoms with van der Waals surface area (Å²) in [6.07, 6.45) is 4.61. The Bertz CT molecular complexity index is 794. The highest BCUT2D eigenvalue weighted by molar-refractivity contribution is 6.30. The summed E-state index contributed by atoms with van der Waals surface area (Å²) in [6.45, 7) is 6.39. The number of hydrogen-bond acceptors (Lipinski definition) is 3. The van der Waals surface area contributed by atoms with Crippen molar-refractivity contribution in [3.8, 4) is 0 Å². The van der Waals surface area contributed by atoms with Crippen LogP contribution in [0.4, 0.5) is 0 Å². The van der Waals surface area contributed by atoms with Gasteiger partial charge in [-0.1, -0.05) is 37.1 Å². The SMILES string of the molecule is CCCCNC(=NCc1nnc(C)n1C)NCC1(c2cccc(Cl)c2)CC1. The minimum Gasteiger partial charge on any atom is -0.356 e. The minimum atomic E-state index is 0.166. The Labute approximate surface area is 166 Å². The van der Waals surface area contributed by atoms with E-state index >= 15 is 0 Å². The number of benzene rings is 1. The van der Waals surface area contributed by atoms with Gasteiger partial charge in [-0.05, 0) is 43.9 Å². The summed E-state index contributed by atoms with van der Waals surface area (Å²) in [5, 5.41) is 16.1. The van der Waals surface area contributed by atoms with Crippen LogP contribution in [-0.4, -0.2) is 33.8 Å². The molecule has 1 fully saturated rings. The molecule has 146 valence electrons. The fraction of sp³-hybridized carbons (Fsp3) is 0.550. The average molecular weight is 389 g/mol. The first-order chi connectivity index (χ1) is 13.0. The van der Waals surface area contributed by atoms with Gasteiger partial charge in [0.2, 0.25) is 0 Å². The van der Waals surface area contributed by atoms with Gasteiger partial charge in [-0.2, -0.15) is 0 Å². The number of hydrogen-bond donors (Lipinski definition) is 2. The summed E-state index contributed by atoms with van der Waals surface area (Å²) < 4.78 is 1.97. The minimum absolute atomic E-state index is 0.166. The van der Waals surface area contributed by atoms with Crippen LogP contribution in [0.1, 0.15) is 49.8 Å². The molecule has 27 heavy (non-hydrogen) atoms. The normalized spacial score (nSPS) is 15.6. The first-order valence-corrected chi connectivity index (χ1v) is 10.0. The van der Waals surface area contributed by atoms with Crippen molar-refractivity contribution in [1.82, 2.24) is 25.4 Å². The molecule has 0 bridgehead atoms. The van der Waals surface area contributed by atoms with Crippen molar-refractivity contribution >= 4 is 17.6 Å². The number of nitrogens with zero attached hydrogens (tertiary/aromatic N) is 4. The Morgan fingerprint density at radius 2 is 2.11 bits per heavy atom. The van der Waals surface area contributed by atoms with E-state index in [-0.39, 0.29) is 5.41 Å². The zero-order valence-corrected chi connectivity index (χ0v) is 17.2. The molecule has 0 atom stereocenters. The van der Waals surface area contributed by atoms with Gasteiger partial charge in [0.1, 0.15) is 12.4 Å². The van der Waals surface area contributed by atoms with Crippen molar-refractivity contribution < 1.29 is 0 Å². The monoisotopic (exact) mass is 388 g/mol. The van der Waals surface area contributed by atoms with Crippen molar-refractivity contribution in [1.29, 1.82) is 0 Å². The Morgan fingerprint density at radius 3 is 2.74 bits per heavy atom. The number of aromatic nitrogens is 3. The molecular weight excluding hydrogens is 360 g/mol. The van der Waals surface area contributed by atoms with Crippen LogP contribution in [0, 0.1) is 6.92 Å². The van der Waals surface area contributed by atoms with Crippen molar-refractivity contribution in [2.45, 2.75) is 51.5 Å². The summed E-state index contributed by atoms with van der Waals surface area (Å²) in [5.74, 6) is 2.59. The Morgan fingerprint density at radius 1 is 1.30 bits per heavy atom. The van der Waals surface area contributed by atoms with Crippen molar-refractivity contribution in [2.75, 3.05) is 13.1 Å². The lowest BCUT2D eigenvalue weighted by atomic mass is 9.96. The van der Waals surface area contributed by atoms with E-state index in [0.29, 0.717) is 6.54 Å². The van der Waals surface area contributed by atoms with Gasteiger partial charge in [0.25, 0.3) is 0 Å². The van der Waals surface area contributed by atoms with Gasteiger partial charge in [0, 0.05) is 30.6 Å². The molecule has 0 radical (unpaired) electrons. The van der Waals surface area contributed by atoms with Gasteiger partial charge in [0.15, 0.2) is 11.8 Å². The maximum absolute atomic E-state index is 6.19. The molecule has 0 amide bonds. The maximum atomic E-state index is 6.19. The lowest BCUT2D eigenvalue weighted by Crippen LogP contribution is -2.41. The standard InChI is InChI=1S/C20H29ClN6/c1-4-5-11-22-19(23-13-18-26-25-15(2)27(18)3)24-14-20(9-10-20)16-7-6-8-17(21)12-16/h6-8,12H,4-5,9-11,13-14H2,1-3H3,(H2,22,23,24). The van der Waals surface area contributed by atoms with E-state index in [1.54, 1.807) is 0 Å². The highest BCUT2D eigenvalue weighted by Gasteiger charge is 2.44.